The second kappa shape index (κ2) is 5.85. The maximum Gasteiger partial charge on any atom is 0.296 e. The van der Waals surface area contributed by atoms with Crippen molar-refractivity contribution in [1.29, 1.82) is 0 Å². The van der Waals surface area contributed by atoms with E-state index in [0.29, 0.717) is 13.0 Å². The van der Waals surface area contributed by atoms with Crippen LogP contribution in [0, 0.1) is 0 Å². The Morgan fingerprint density at radius 2 is 1.80 bits per heavy atom. The van der Waals surface area contributed by atoms with Crippen molar-refractivity contribution in [2.24, 2.45) is 5.73 Å². The van der Waals surface area contributed by atoms with Gasteiger partial charge in [-0.05, 0) is 31.5 Å². The van der Waals surface area contributed by atoms with E-state index in [-0.39, 0.29) is 11.5 Å². The smallest absolute Gasteiger partial charge is 0.296 e. The van der Waals surface area contributed by atoms with Crippen LogP contribution in [-0.4, -0.2) is 21.6 Å². The summed E-state index contributed by atoms with van der Waals surface area (Å²) in [7, 11) is -3.58. The molecule has 1 aromatic rings. The fourth-order valence-corrected chi connectivity index (χ4v) is 2.03. The number of hydrogen-bond acceptors (Lipinski definition) is 4. The van der Waals surface area contributed by atoms with E-state index in [4.69, 9.17) is 9.92 Å². The van der Waals surface area contributed by atoms with Crippen LogP contribution in [0.25, 0.3) is 0 Å². The number of nitrogens with two attached hydrogens (primary N) is 1. The summed E-state index contributed by atoms with van der Waals surface area (Å²) in [5.41, 5.74) is 5.28. The van der Waals surface area contributed by atoms with Crippen LogP contribution < -0.4 is 5.73 Å². The first kappa shape index (κ1) is 12.2. The van der Waals surface area contributed by atoms with Gasteiger partial charge >= 0.3 is 0 Å². The molecule has 5 heteroatoms. The zero-order valence-electron chi connectivity index (χ0n) is 8.43. The first-order valence-electron chi connectivity index (χ1n) is 4.81. The lowest BCUT2D eigenvalue weighted by atomic mass is 10.3. The highest BCUT2D eigenvalue weighted by Crippen LogP contribution is 2.11. The highest BCUT2D eigenvalue weighted by Gasteiger charge is 2.13. The van der Waals surface area contributed by atoms with E-state index in [1.807, 2.05) is 0 Å². The topological polar surface area (TPSA) is 69.4 Å². The molecule has 4 nitrogen and oxygen atoms in total. The van der Waals surface area contributed by atoms with Crippen LogP contribution in [0.3, 0.4) is 0 Å². The molecule has 0 aliphatic heterocycles. The molecular formula is C10H15NO3S. The molecule has 0 radical (unpaired) electrons. The lowest BCUT2D eigenvalue weighted by molar-refractivity contribution is 0.309. The standard InChI is InChI=1S/C10H15NO3S/c11-8-4-5-9-14-15(12,13)10-6-2-1-3-7-10/h1-3,6-7H,4-5,8-9,11H2. The number of benzene rings is 1. The minimum Gasteiger partial charge on any atom is -0.330 e. The van der Waals surface area contributed by atoms with Gasteiger partial charge in [-0.3, -0.25) is 4.18 Å². The van der Waals surface area contributed by atoms with Crippen molar-refractivity contribution < 1.29 is 12.6 Å². The van der Waals surface area contributed by atoms with E-state index in [1.54, 1.807) is 18.2 Å². The Hall–Kier alpha value is -0.910. The van der Waals surface area contributed by atoms with Gasteiger partial charge in [0.25, 0.3) is 10.1 Å². The molecule has 0 saturated carbocycles. The van der Waals surface area contributed by atoms with Gasteiger partial charge in [0.2, 0.25) is 0 Å². The molecular weight excluding hydrogens is 214 g/mol. The van der Waals surface area contributed by atoms with Crippen LogP contribution >= 0.6 is 0 Å². The Balaban J connectivity index is 2.53. The molecule has 2 N–H and O–H groups in total. The summed E-state index contributed by atoms with van der Waals surface area (Å²) < 4.78 is 27.9. The van der Waals surface area contributed by atoms with E-state index in [9.17, 15) is 8.42 Å². The Labute approximate surface area is 90.2 Å². The maximum atomic E-state index is 11.5. The second-order valence-corrected chi connectivity index (χ2v) is 4.70. The van der Waals surface area contributed by atoms with Crippen LogP contribution in [-0.2, 0) is 14.3 Å². The molecule has 0 aliphatic carbocycles. The molecule has 1 rings (SSSR count). The van der Waals surface area contributed by atoms with Gasteiger partial charge in [-0.2, -0.15) is 8.42 Å². The second-order valence-electron chi connectivity index (χ2n) is 3.08. The highest BCUT2D eigenvalue weighted by atomic mass is 32.2. The van der Waals surface area contributed by atoms with E-state index >= 15 is 0 Å². The molecule has 84 valence electrons. The number of hydrogen-bond donors (Lipinski definition) is 1. The molecule has 0 aromatic heterocycles. The van der Waals surface area contributed by atoms with Crippen molar-refractivity contribution in [3.63, 3.8) is 0 Å². The highest BCUT2D eigenvalue weighted by molar-refractivity contribution is 7.86. The van der Waals surface area contributed by atoms with Crippen molar-refractivity contribution in [2.75, 3.05) is 13.2 Å². The summed E-state index contributed by atoms with van der Waals surface area (Å²) in [6.45, 7) is 0.739. The van der Waals surface area contributed by atoms with Crippen LogP contribution in [0.1, 0.15) is 12.8 Å². The molecule has 0 atom stereocenters. The third-order valence-corrected chi connectivity index (χ3v) is 3.20. The zero-order valence-corrected chi connectivity index (χ0v) is 9.24. The van der Waals surface area contributed by atoms with Crippen molar-refractivity contribution >= 4 is 10.1 Å². The van der Waals surface area contributed by atoms with Gasteiger partial charge in [-0.25, -0.2) is 0 Å². The van der Waals surface area contributed by atoms with Gasteiger partial charge in [0, 0.05) is 0 Å². The summed E-state index contributed by atoms with van der Waals surface area (Å²) in [6.07, 6.45) is 1.42. The monoisotopic (exact) mass is 229 g/mol. The lowest BCUT2D eigenvalue weighted by Gasteiger charge is -2.04. The van der Waals surface area contributed by atoms with Crippen LogP contribution in [0.4, 0.5) is 0 Å². The van der Waals surface area contributed by atoms with Gasteiger partial charge in [0.15, 0.2) is 0 Å². The molecule has 0 aliphatic rings. The van der Waals surface area contributed by atoms with Gasteiger partial charge in [-0.1, -0.05) is 18.2 Å². The van der Waals surface area contributed by atoms with E-state index in [2.05, 4.69) is 0 Å². The van der Waals surface area contributed by atoms with Crippen molar-refractivity contribution in [3.05, 3.63) is 30.3 Å². The van der Waals surface area contributed by atoms with Crippen LogP contribution in [0.15, 0.2) is 35.2 Å². The molecule has 0 unspecified atom stereocenters. The average molecular weight is 229 g/mol. The van der Waals surface area contributed by atoms with E-state index in [1.165, 1.54) is 12.1 Å². The predicted molar refractivity (Wildman–Crippen MR) is 57.9 cm³/mol. The van der Waals surface area contributed by atoms with E-state index < -0.39 is 10.1 Å². The Kier molecular flexibility index (Phi) is 4.74. The Morgan fingerprint density at radius 1 is 1.13 bits per heavy atom. The third kappa shape index (κ3) is 3.99. The van der Waals surface area contributed by atoms with Gasteiger partial charge in [-0.15, -0.1) is 0 Å². The van der Waals surface area contributed by atoms with Crippen LogP contribution in [0.2, 0.25) is 0 Å². The molecule has 15 heavy (non-hydrogen) atoms. The minimum atomic E-state index is -3.58. The fraction of sp³-hybridized carbons (Fsp3) is 0.400. The normalized spacial score (nSPS) is 11.5. The summed E-state index contributed by atoms with van der Waals surface area (Å²) in [4.78, 5) is 0.192. The quantitative estimate of drug-likeness (QED) is 0.586. The Bertz CT molecular complexity index is 375. The SMILES string of the molecule is NCCCCOS(=O)(=O)c1ccccc1. The first-order chi connectivity index (χ1) is 7.17. The summed E-state index contributed by atoms with van der Waals surface area (Å²) >= 11 is 0. The van der Waals surface area contributed by atoms with Crippen molar-refractivity contribution in [3.8, 4) is 0 Å². The molecule has 0 saturated heterocycles. The molecule has 0 bridgehead atoms. The molecule has 0 spiro atoms. The summed E-state index contributed by atoms with van der Waals surface area (Å²) in [5.74, 6) is 0. The minimum absolute atomic E-state index is 0.189. The van der Waals surface area contributed by atoms with Crippen molar-refractivity contribution in [2.45, 2.75) is 17.7 Å². The molecule has 1 aromatic carbocycles. The zero-order chi connectivity index (χ0) is 11.1. The van der Waals surface area contributed by atoms with Gasteiger partial charge in [0.1, 0.15) is 0 Å². The third-order valence-electron chi connectivity index (χ3n) is 1.87. The van der Waals surface area contributed by atoms with Crippen molar-refractivity contribution in [1.82, 2.24) is 0 Å². The van der Waals surface area contributed by atoms with Gasteiger partial charge in [0.05, 0.1) is 11.5 Å². The molecule has 0 heterocycles. The number of rotatable bonds is 6. The van der Waals surface area contributed by atoms with Crippen LogP contribution in [0.5, 0.6) is 0 Å². The number of unbranched alkanes of at least 4 members (excludes halogenated alkanes) is 1. The Morgan fingerprint density at radius 3 is 2.40 bits per heavy atom. The molecule has 0 amide bonds. The summed E-state index contributed by atoms with van der Waals surface area (Å²) in [5, 5.41) is 0. The fourth-order valence-electron chi connectivity index (χ4n) is 1.07. The lowest BCUT2D eigenvalue weighted by Crippen LogP contribution is -2.08. The van der Waals surface area contributed by atoms with E-state index in [0.717, 1.165) is 6.42 Å². The van der Waals surface area contributed by atoms with Gasteiger partial charge < -0.3 is 5.73 Å². The largest absolute Gasteiger partial charge is 0.330 e. The molecule has 0 fully saturated rings. The average Bonchev–Trinajstić information content (AvgIpc) is 2.26. The summed E-state index contributed by atoms with van der Waals surface area (Å²) in [6, 6.07) is 8.11. The predicted octanol–water partition coefficient (Wildman–Crippen LogP) is 1.13. The maximum absolute atomic E-state index is 11.5. The first-order valence-corrected chi connectivity index (χ1v) is 6.22.